The highest BCUT2D eigenvalue weighted by molar-refractivity contribution is 5.94. The number of rotatable bonds is 6. The number of benzene rings is 1. The van der Waals surface area contributed by atoms with Gasteiger partial charge in [-0.1, -0.05) is 12.1 Å². The maximum Gasteiger partial charge on any atom is 0.274 e. The summed E-state index contributed by atoms with van der Waals surface area (Å²) in [7, 11) is 0. The zero-order valence-electron chi connectivity index (χ0n) is 15.3. The molecule has 0 unspecified atom stereocenters. The monoisotopic (exact) mass is 370 g/mol. The van der Waals surface area contributed by atoms with Crippen LogP contribution in [-0.2, 0) is 11.4 Å². The van der Waals surface area contributed by atoms with E-state index in [0.717, 1.165) is 6.42 Å². The van der Waals surface area contributed by atoms with Gasteiger partial charge in [-0.25, -0.2) is 0 Å². The third kappa shape index (κ3) is 4.72. The molecule has 1 aromatic carbocycles. The zero-order chi connectivity index (χ0) is 19.4. The number of aromatic amines is 1. The lowest BCUT2D eigenvalue weighted by atomic mass is 10.1. The quantitative estimate of drug-likeness (QED) is 0.751. The molecule has 2 heterocycles. The van der Waals surface area contributed by atoms with Crippen molar-refractivity contribution >= 4 is 17.6 Å². The van der Waals surface area contributed by atoms with Gasteiger partial charge in [-0.2, -0.15) is 5.10 Å². The Labute approximate surface area is 156 Å². The van der Waals surface area contributed by atoms with E-state index in [2.05, 4.69) is 15.5 Å². The Morgan fingerprint density at radius 2 is 2.11 bits per heavy atom. The molecule has 0 radical (unpaired) electrons. The number of carbonyl (C=O) groups is 3. The summed E-state index contributed by atoms with van der Waals surface area (Å²) in [4.78, 5) is 36.8. The Balaban J connectivity index is 1.57. The number of hydrogen-bond donors (Lipinski definition) is 2. The van der Waals surface area contributed by atoms with Crippen molar-refractivity contribution in [2.24, 2.45) is 0 Å². The Kier molecular flexibility index (Phi) is 5.54. The van der Waals surface area contributed by atoms with Crippen molar-refractivity contribution in [1.29, 1.82) is 0 Å². The van der Waals surface area contributed by atoms with Gasteiger partial charge >= 0.3 is 0 Å². The zero-order valence-corrected chi connectivity index (χ0v) is 15.3. The van der Waals surface area contributed by atoms with Crippen molar-refractivity contribution in [3.63, 3.8) is 0 Å². The number of nitrogens with one attached hydrogen (secondary N) is 2. The van der Waals surface area contributed by atoms with Gasteiger partial charge in [0.1, 0.15) is 12.4 Å². The normalized spacial score (nSPS) is 16.2. The molecule has 1 saturated heterocycles. The van der Waals surface area contributed by atoms with Crippen molar-refractivity contribution in [3.05, 3.63) is 47.3 Å². The highest BCUT2D eigenvalue weighted by atomic mass is 16.5. The molecule has 0 aliphatic carbocycles. The summed E-state index contributed by atoms with van der Waals surface area (Å²) in [6, 6.07) is 8.57. The van der Waals surface area contributed by atoms with E-state index in [1.807, 2.05) is 0 Å². The van der Waals surface area contributed by atoms with E-state index in [-0.39, 0.29) is 30.2 Å². The molecule has 1 aliphatic heterocycles. The van der Waals surface area contributed by atoms with Gasteiger partial charge in [-0.15, -0.1) is 0 Å². The van der Waals surface area contributed by atoms with E-state index < -0.39 is 0 Å². The van der Waals surface area contributed by atoms with E-state index in [1.54, 1.807) is 35.2 Å². The molecule has 8 nitrogen and oxygen atoms in total. The first-order valence-electron chi connectivity index (χ1n) is 8.77. The first kappa shape index (κ1) is 18.6. The summed E-state index contributed by atoms with van der Waals surface area (Å²) >= 11 is 0. The third-order valence-corrected chi connectivity index (χ3v) is 4.37. The Bertz CT molecular complexity index is 861. The van der Waals surface area contributed by atoms with E-state index in [1.165, 1.54) is 13.8 Å². The Morgan fingerprint density at radius 1 is 1.30 bits per heavy atom. The van der Waals surface area contributed by atoms with Crippen LogP contribution < -0.4 is 10.1 Å². The van der Waals surface area contributed by atoms with Gasteiger partial charge in [-0.3, -0.25) is 19.5 Å². The molecule has 2 amide bonds. The molecule has 0 spiro atoms. The maximum atomic E-state index is 12.5. The fourth-order valence-electron chi connectivity index (χ4n) is 3.02. The smallest absolute Gasteiger partial charge is 0.274 e. The number of Topliss-reactive ketones (excluding diaryl/α,β-unsaturated/α-hetero) is 1. The minimum Gasteiger partial charge on any atom is -0.487 e. The van der Waals surface area contributed by atoms with Gasteiger partial charge in [0.15, 0.2) is 11.5 Å². The Morgan fingerprint density at radius 3 is 2.85 bits per heavy atom. The second-order valence-corrected chi connectivity index (χ2v) is 6.59. The van der Waals surface area contributed by atoms with Crippen LogP contribution in [0.25, 0.3) is 0 Å². The molecule has 8 heteroatoms. The molecule has 142 valence electrons. The number of amides is 2. The highest BCUT2D eigenvalue weighted by Crippen LogP contribution is 2.17. The maximum absolute atomic E-state index is 12.5. The number of H-pyrrole nitrogens is 1. The average molecular weight is 370 g/mol. The standard InChI is InChI=1S/C19H22N4O4/c1-12(24)14-4-3-5-17(8-14)27-11-16-9-18(22-21-16)19(26)23-7-6-15(10-23)20-13(2)25/h3-5,8-9,15H,6-7,10-11H2,1-2H3,(H,20,25)(H,21,22)/t15-/m1/s1. The SMILES string of the molecule is CC(=O)N[C@@H]1CCN(C(=O)c2cc(COc3cccc(C(C)=O)c3)[nH]n2)C1. The molecule has 1 fully saturated rings. The molecular weight excluding hydrogens is 348 g/mol. The van der Waals surface area contributed by atoms with E-state index in [9.17, 15) is 14.4 Å². The second kappa shape index (κ2) is 8.03. The van der Waals surface area contributed by atoms with Crippen LogP contribution in [0.5, 0.6) is 5.75 Å². The van der Waals surface area contributed by atoms with E-state index >= 15 is 0 Å². The number of aromatic nitrogens is 2. The average Bonchev–Trinajstić information content (AvgIpc) is 3.28. The predicted molar refractivity (Wildman–Crippen MR) is 97.5 cm³/mol. The molecule has 2 aromatic rings. The molecule has 1 aromatic heterocycles. The van der Waals surface area contributed by atoms with Crippen LogP contribution in [0.1, 0.15) is 46.8 Å². The molecular formula is C19H22N4O4. The number of ether oxygens (including phenoxy) is 1. The lowest BCUT2D eigenvalue weighted by molar-refractivity contribution is -0.119. The van der Waals surface area contributed by atoms with Crippen molar-refractivity contribution in [1.82, 2.24) is 20.4 Å². The summed E-state index contributed by atoms with van der Waals surface area (Å²) in [6.45, 7) is 4.24. The summed E-state index contributed by atoms with van der Waals surface area (Å²) in [5, 5.41) is 9.70. The van der Waals surface area contributed by atoms with Crippen molar-refractivity contribution < 1.29 is 19.1 Å². The van der Waals surface area contributed by atoms with Crippen molar-refractivity contribution in [2.75, 3.05) is 13.1 Å². The number of ketones is 1. The van der Waals surface area contributed by atoms with Crippen LogP contribution >= 0.6 is 0 Å². The minimum atomic E-state index is -0.177. The lowest BCUT2D eigenvalue weighted by Crippen LogP contribution is -2.37. The van der Waals surface area contributed by atoms with Crippen LogP contribution in [-0.4, -0.2) is 51.8 Å². The minimum absolute atomic E-state index is 0.0123. The van der Waals surface area contributed by atoms with Gasteiger partial charge in [0.25, 0.3) is 5.91 Å². The van der Waals surface area contributed by atoms with Gasteiger partial charge in [0.05, 0.1) is 5.69 Å². The van der Waals surface area contributed by atoms with Crippen LogP contribution in [0.3, 0.4) is 0 Å². The van der Waals surface area contributed by atoms with Gasteiger partial charge in [-0.05, 0) is 31.5 Å². The van der Waals surface area contributed by atoms with Crippen LogP contribution in [0.2, 0.25) is 0 Å². The summed E-state index contributed by atoms with van der Waals surface area (Å²) in [5.74, 6) is 0.271. The van der Waals surface area contributed by atoms with Crippen molar-refractivity contribution in [3.8, 4) is 5.75 Å². The predicted octanol–water partition coefficient (Wildman–Crippen LogP) is 1.54. The molecule has 1 atom stereocenters. The summed E-state index contributed by atoms with van der Waals surface area (Å²) < 4.78 is 5.67. The molecule has 3 rings (SSSR count). The fraction of sp³-hybridized carbons (Fsp3) is 0.368. The molecule has 0 saturated carbocycles. The molecule has 1 aliphatic rings. The topological polar surface area (TPSA) is 104 Å². The highest BCUT2D eigenvalue weighted by Gasteiger charge is 2.28. The largest absolute Gasteiger partial charge is 0.487 e. The van der Waals surface area contributed by atoms with E-state index in [4.69, 9.17) is 4.74 Å². The molecule has 27 heavy (non-hydrogen) atoms. The van der Waals surface area contributed by atoms with Crippen molar-refractivity contribution in [2.45, 2.75) is 32.9 Å². The van der Waals surface area contributed by atoms with Crippen LogP contribution in [0.15, 0.2) is 30.3 Å². The number of nitrogens with zero attached hydrogens (tertiary/aromatic N) is 2. The number of hydrogen-bond acceptors (Lipinski definition) is 5. The van der Waals surface area contributed by atoms with Crippen LogP contribution in [0.4, 0.5) is 0 Å². The number of likely N-dealkylation sites (tertiary alicyclic amines) is 1. The van der Waals surface area contributed by atoms with Gasteiger partial charge in [0, 0.05) is 31.6 Å². The summed E-state index contributed by atoms with van der Waals surface area (Å²) in [6.07, 6.45) is 0.734. The van der Waals surface area contributed by atoms with E-state index in [0.29, 0.717) is 35.8 Å². The van der Waals surface area contributed by atoms with Gasteiger partial charge in [0.2, 0.25) is 5.91 Å². The van der Waals surface area contributed by atoms with Gasteiger partial charge < -0.3 is 15.0 Å². The molecule has 2 N–H and O–H groups in total. The first-order chi connectivity index (χ1) is 12.9. The molecule has 0 bridgehead atoms. The van der Waals surface area contributed by atoms with Crippen LogP contribution in [0, 0.1) is 0 Å². The summed E-state index contributed by atoms with van der Waals surface area (Å²) in [5.41, 5.74) is 1.55. The first-order valence-corrected chi connectivity index (χ1v) is 8.77. The number of carbonyl (C=O) groups excluding carboxylic acids is 3. The lowest BCUT2D eigenvalue weighted by Gasteiger charge is -2.15. The Hall–Kier alpha value is -3.16. The third-order valence-electron chi connectivity index (χ3n) is 4.37. The fourth-order valence-corrected chi connectivity index (χ4v) is 3.02. The second-order valence-electron chi connectivity index (χ2n) is 6.59.